The van der Waals surface area contributed by atoms with E-state index in [0.29, 0.717) is 11.3 Å². The summed E-state index contributed by atoms with van der Waals surface area (Å²) >= 11 is 0. The van der Waals surface area contributed by atoms with Crippen LogP contribution in [-0.2, 0) is 16.1 Å². The van der Waals surface area contributed by atoms with Crippen molar-refractivity contribution in [1.82, 2.24) is 5.32 Å². The summed E-state index contributed by atoms with van der Waals surface area (Å²) in [6.07, 6.45) is 0.0855. The SMILES string of the molecule is O=C1C[C@H](NCc2ccccc2F)C(=O)N1c1ccccc1. The zero-order chi connectivity index (χ0) is 15.5. The van der Waals surface area contributed by atoms with Gasteiger partial charge in [0.25, 0.3) is 5.91 Å². The summed E-state index contributed by atoms with van der Waals surface area (Å²) in [6, 6.07) is 14.6. The molecule has 2 aromatic carbocycles. The van der Waals surface area contributed by atoms with Crippen LogP contribution in [0.2, 0.25) is 0 Å². The Balaban J connectivity index is 1.71. The zero-order valence-electron chi connectivity index (χ0n) is 11.8. The Labute approximate surface area is 127 Å². The molecule has 2 aromatic rings. The maximum atomic E-state index is 13.6. The molecule has 0 bridgehead atoms. The number of halogens is 1. The predicted octanol–water partition coefficient (Wildman–Crippen LogP) is 2.25. The Morgan fingerprint density at radius 3 is 2.45 bits per heavy atom. The van der Waals surface area contributed by atoms with Crippen molar-refractivity contribution < 1.29 is 14.0 Å². The maximum Gasteiger partial charge on any atom is 0.251 e. The third-order valence-electron chi connectivity index (χ3n) is 3.66. The van der Waals surface area contributed by atoms with Gasteiger partial charge in [0.05, 0.1) is 18.2 Å². The summed E-state index contributed by atoms with van der Waals surface area (Å²) in [7, 11) is 0. The van der Waals surface area contributed by atoms with Gasteiger partial charge in [-0.15, -0.1) is 0 Å². The highest BCUT2D eigenvalue weighted by Gasteiger charge is 2.39. The van der Waals surface area contributed by atoms with E-state index in [1.807, 2.05) is 6.07 Å². The van der Waals surface area contributed by atoms with Crippen molar-refractivity contribution in [1.29, 1.82) is 0 Å². The minimum atomic E-state index is -0.618. The zero-order valence-corrected chi connectivity index (χ0v) is 11.8. The molecular weight excluding hydrogens is 283 g/mol. The van der Waals surface area contributed by atoms with Gasteiger partial charge in [-0.3, -0.25) is 9.59 Å². The molecule has 112 valence electrons. The Kier molecular flexibility index (Phi) is 3.98. The smallest absolute Gasteiger partial charge is 0.251 e. The Hall–Kier alpha value is -2.53. The molecule has 0 unspecified atom stereocenters. The van der Waals surface area contributed by atoms with E-state index in [2.05, 4.69) is 5.32 Å². The first-order valence-electron chi connectivity index (χ1n) is 7.05. The van der Waals surface area contributed by atoms with Gasteiger partial charge < -0.3 is 5.32 Å². The van der Waals surface area contributed by atoms with Crippen molar-refractivity contribution in [2.24, 2.45) is 0 Å². The second-order valence-electron chi connectivity index (χ2n) is 5.13. The van der Waals surface area contributed by atoms with Crippen LogP contribution in [0.1, 0.15) is 12.0 Å². The molecule has 0 spiro atoms. The van der Waals surface area contributed by atoms with E-state index < -0.39 is 6.04 Å². The number of rotatable bonds is 4. The van der Waals surface area contributed by atoms with Crippen molar-refractivity contribution in [3.8, 4) is 0 Å². The van der Waals surface area contributed by atoms with E-state index >= 15 is 0 Å². The average molecular weight is 298 g/mol. The summed E-state index contributed by atoms with van der Waals surface area (Å²) in [5, 5.41) is 2.97. The molecule has 5 heteroatoms. The van der Waals surface area contributed by atoms with Crippen molar-refractivity contribution in [2.75, 3.05) is 4.90 Å². The van der Waals surface area contributed by atoms with E-state index in [9.17, 15) is 14.0 Å². The minimum absolute atomic E-state index is 0.0855. The predicted molar refractivity (Wildman–Crippen MR) is 80.6 cm³/mol. The van der Waals surface area contributed by atoms with Crippen molar-refractivity contribution in [2.45, 2.75) is 19.0 Å². The van der Waals surface area contributed by atoms with Crippen LogP contribution in [0.5, 0.6) is 0 Å². The summed E-state index contributed by atoms with van der Waals surface area (Å²) in [5.41, 5.74) is 1.04. The fourth-order valence-electron chi connectivity index (χ4n) is 2.51. The van der Waals surface area contributed by atoms with Gasteiger partial charge in [-0.2, -0.15) is 0 Å². The molecule has 3 rings (SSSR count). The van der Waals surface area contributed by atoms with Gasteiger partial charge in [0.2, 0.25) is 5.91 Å². The van der Waals surface area contributed by atoms with Gasteiger partial charge in [-0.05, 0) is 18.2 Å². The van der Waals surface area contributed by atoms with Gasteiger partial charge in [0.15, 0.2) is 0 Å². The second kappa shape index (κ2) is 6.07. The highest BCUT2D eigenvalue weighted by Crippen LogP contribution is 2.22. The number of nitrogens with one attached hydrogen (secondary N) is 1. The Bertz CT molecular complexity index is 703. The molecule has 0 aliphatic carbocycles. The van der Waals surface area contributed by atoms with Crippen LogP contribution in [0.4, 0.5) is 10.1 Å². The molecule has 1 aliphatic heterocycles. The average Bonchev–Trinajstić information content (AvgIpc) is 2.81. The van der Waals surface area contributed by atoms with Crippen LogP contribution in [0.25, 0.3) is 0 Å². The van der Waals surface area contributed by atoms with Crippen LogP contribution in [0.3, 0.4) is 0 Å². The van der Waals surface area contributed by atoms with Gasteiger partial charge in [-0.1, -0.05) is 36.4 Å². The largest absolute Gasteiger partial charge is 0.301 e. The standard InChI is InChI=1S/C17H15FN2O2/c18-14-9-5-4-6-12(14)11-19-15-10-16(21)20(17(15)22)13-7-2-1-3-8-13/h1-9,15,19H,10-11H2/t15-/m0/s1. The van der Waals surface area contributed by atoms with E-state index in [-0.39, 0.29) is 30.6 Å². The number of para-hydroxylation sites is 1. The first-order chi connectivity index (χ1) is 10.7. The number of anilines is 1. The van der Waals surface area contributed by atoms with Gasteiger partial charge >= 0.3 is 0 Å². The highest BCUT2D eigenvalue weighted by molar-refractivity contribution is 6.22. The molecule has 0 saturated carbocycles. The van der Waals surface area contributed by atoms with Crippen molar-refractivity contribution in [3.63, 3.8) is 0 Å². The first-order valence-corrected chi connectivity index (χ1v) is 7.05. The molecule has 0 aromatic heterocycles. The molecule has 0 radical (unpaired) electrons. The van der Waals surface area contributed by atoms with Gasteiger partial charge in [0, 0.05) is 12.1 Å². The molecule has 1 atom stereocenters. The maximum absolute atomic E-state index is 13.6. The van der Waals surface area contributed by atoms with Gasteiger partial charge in [-0.25, -0.2) is 9.29 Å². The number of hydrogen-bond donors (Lipinski definition) is 1. The summed E-state index contributed by atoms with van der Waals surface area (Å²) in [5.74, 6) is -0.874. The van der Waals surface area contributed by atoms with E-state index in [1.54, 1.807) is 42.5 Å². The molecule has 1 heterocycles. The molecule has 1 saturated heterocycles. The highest BCUT2D eigenvalue weighted by atomic mass is 19.1. The van der Waals surface area contributed by atoms with Gasteiger partial charge in [0.1, 0.15) is 5.82 Å². The number of imide groups is 1. The van der Waals surface area contributed by atoms with E-state index in [0.717, 1.165) is 0 Å². The molecule has 2 amide bonds. The first kappa shape index (κ1) is 14.4. The fraction of sp³-hybridized carbons (Fsp3) is 0.176. The minimum Gasteiger partial charge on any atom is -0.301 e. The van der Waals surface area contributed by atoms with E-state index in [1.165, 1.54) is 11.0 Å². The lowest BCUT2D eigenvalue weighted by Gasteiger charge is -2.15. The van der Waals surface area contributed by atoms with Crippen molar-refractivity contribution >= 4 is 17.5 Å². The molecular formula is C17H15FN2O2. The quantitative estimate of drug-likeness (QED) is 0.881. The summed E-state index contributed by atoms with van der Waals surface area (Å²) in [6.45, 7) is 0.207. The van der Waals surface area contributed by atoms with Crippen LogP contribution in [-0.4, -0.2) is 17.9 Å². The third-order valence-corrected chi connectivity index (χ3v) is 3.66. The lowest BCUT2D eigenvalue weighted by atomic mass is 10.2. The second-order valence-corrected chi connectivity index (χ2v) is 5.13. The Morgan fingerprint density at radius 2 is 1.73 bits per heavy atom. The number of carbonyl (C=O) groups is 2. The number of carbonyl (C=O) groups excluding carboxylic acids is 2. The lowest BCUT2D eigenvalue weighted by molar-refractivity contribution is -0.121. The Morgan fingerprint density at radius 1 is 1.05 bits per heavy atom. The topological polar surface area (TPSA) is 49.4 Å². The fourth-order valence-corrected chi connectivity index (χ4v) is 2.51. The third kappa shape index (κ3) is 2.76. The molecule has 1 fully saturated rings. The number of benzene rings is 2. The molecule has 1 aliphatic rings. The molecule has 1 N–H and O–H groups in total. The number of amides is 2. The summed E-state index contributed by atoms with van der Waals surface area (Å²) < 4.78 is 13.6. The van der Waals surface area contributed by atoms with Crippen LogP contribution >= 0.6 is 0 Å². The van der Waals surface area contributed by atoms with Crippen molar-refractivity contribution in [3.05, 3.63) is 66.0 Å². The monoisotopic (exact) mass is 298 g/mol. The number of nitrogens with zero attached hydrogens (tertiary/aromatic N) is 1. The molecule has 4 nitrogen and oxygen atoms in total. The van der Waals surface area contributed by atoms with Crippen LogP contribution in [0.15, 0.2) is 54.6 Å². The van der Waals surface area contributed by atoms with Crippen LogP contribution < -0.4 is 10.2 Å². The van der Waals surface area contributed by atoms with E-state index in [4.69, 9.17) is 0 Å². The lowest BCUT2D eigenvalue weighted by Crippen LogP contribution is -2.38. The van der Waals surface area contributed by atoms with Crippen LogP contribution in [0, 0.1) is 5.82 Å². The normalized spacial score (nSPS) is 18.0. The number of hydrogen-bond acceptors (Lipinski definition) is 3. The summed E-state index contributed by atoms with van der Waals surface area (Å²) in [4.78, 5) is 25.6. The molecule has 22 heavy (non-hydrogen) atoms.